The molecule has 0 bridgehead atoms. The molecule has 1 unspecified atom stereocenters. The van der Waals surface area contributed by atoms with E-state index in [4.69, 9.17) is 4.74 Å². The number of hydrogen-bond donors (Lipinski definition) is 2. The Morgan fingerprint density at radius 2 is 2.25 bits per heavy atom. The molecule has 1 heterocycles. The molecule has 2 rings (SSSR count). The Labute approximate surface area is 131 Å². The zero-order valence-electron chi connectivity index (χ0n) is 11.5. The van der Waals surface area contributed by atoms with Crippen LogP contribution in [0.15, 0.2) is 34.1 Å². The second-order valence-electron chi connectivity index (χ2n) is 4.69. The molecule has 0 saturated carbocycles. The highest BCUT2D eigenvalue weighted by Crippen LogP contribution is 2.35. The van der Waals surface area contributed by atoms with Gasteiger partial charge in [-0.05, 0) is 58.4 Å². The van der Waals surface area contributed by atoms with Crippen LogP contribution >= 0.6 is 27.3 Å². The summed E-state index contributed by atoms with van der Waals surface area (Å²) in [4.78, 5) is 1.38. The van der Waals surface area contributed by atoms with Crippen molar-refractivity contribution in [2.75, 3.05) is 7.11 Å². The lowest BCUT2D eigenvalue weighted by Crippen LogP contribution is -2.27. The van der Waals surface area contributed by atoms with E-state index in [9.17, 15) is 5.11 Å². The maximum absolute atomic E-state index is 9.78. The molecule has 0 aliphatic rings. The van der Waals surface area contributed by atoms with Gasteiger partial charge in [-0.15, -0.1) is 11.3 Å². The van der Waals surface area contributed by atoms with E-state index in [-0.39, 0.29) is 5.75 Å². The van der Waals surface area contributed by atoms with E-state index in [1.807, 2.05) is 12.1 Å². The largest absolute Gasteiger partial charge is 0.503 e. The molecule has 108 valence electrons. The summed E-state index contributed by atoms with van der Waals surface area (Å²) in [5.74, 6) is 0.630. The topological polar surface area (TPSA) is 41.5 Å². The van der Waals surface area contributed by atoms with Crippen molar-refractivity contribution in [2.45, 2.75) is 25.9 Å². The van der Waals surface area contributed by atoms with E-state index >= 15 is 0 Å². The fourth-order valence-corrected chi connectivity index (χ4v) is 3.30. The number of benzene rings is 1. The summed E-state index contributed by atoms with van der Waals surface area (Å²) in [5, 5.41) is 15.4. The minimum Gasteiger partial charge on any atom is -0.503 e. The van der Waals surface area contributed by atoms with Crippen molar-refractivity contribution in [3.8, 4) is 11.5 Å². The lowest BCUT2D eigenvalue weighted by molar-refractivity contribution is 0.371. The SMILES string of the molecule is COc1cc(CNC(C)Cc2cccs2)cc(Br)c1O. The summed E-state index contributed by atoms with van der Waals surface area (Å²) in [6.07, 6.45) is 1.02. The molecule has 1 aromatic heterocycles. The number of hydrogen-bond acceptors (Lipinski definition) is 4. The molecule has 0 amide bonds. The molecular weight excluding hydrogens is 338 g/mol. The smallest absolute Gasteiger partial charge is 0.172 e. The van der Waals surface area contributed by atoms with Gasteiger partial charge in [0.25, 0.3) is 0 Å². The second kappa shape index (κ2) is 7.11. The fourth-order valence-electron chi connectivity index (χ4n) is 1.98. The van der Waals surface area contributed by atoms with Crippen LogP contribution < -0.4 is 10.1 Å². The van der Waals surface area contributed by atoms with Crippen LogP contribution in [0, 0.1) is 0 Å². The minimum atomic E-state index is 0.142. The quantitative estimate of drug-likeness (QED) is 0.824. The number of phenolic OH excluding ortho intramolecular Hbond substituents is 1. The molecule has 2 N–H and O–H groups in total. The third-order valence-corrected chi connectivity index (χ3v) is 4.55. The van der Waals surface area contributed by atoms with Crippen molar-refractivity contribution in [2.24, 2.45) is 0 Å². The Bertz CT molecular complexity index is 557. The molecule has 0 radical (unpaired) electrons. The molecule has 0 spiro atoms. The van der Waals surface area contributed by atoms with Crippen molar-refractivity contribution in [3.63, 3.8) is 0 Å². The van der Waals surface area contributed by atoms with Crippen LogP contribution in [0.4, 0.5) is 0 Å². The number of thiophene rings is 1. The third-order valence-electron chi connectivity index (χ3n) is 3.05. The van der Waals surface area contributed by atoms with Gasteiger partial charge in [-0.25, -0.2) is 0 Å². The molecule has 3 nitrogen and oxygen atoms in total. The molecule has 0 aliphatic heterocycles. The fraction of sp³-hybridized carbons (Fsp3) is 0.333. The van der Waals surface area contributed by atoms with Gasteiger partial charge < -0.3 is 15.2 Å². The summed E-state index contributed by atoms with van der Waals surface area (Å²) < 4.78 is 5.80. The van der Waals surface area contributed by atoms with Crippen LogP contribution in [-0.4, -0.2) is 18.3 Å². The lowest BCUT2D eigenvalue weighted by atomic mass is 10.1. The highest BCUT2D eigenvalue weighted by molar-refractivity contribution is 9.10. The molecule has 2 aromatic rings. The first kappa shape index (κ1) is 15.4. The van der Waals surface area contributed by atoms with Crippen LogP contribution in [0.1, 0.15) is 17.4 Å². The van der Waals surface area contributed by atoms with Gasteiger partial charge in [0.2, 0.25) is 0 Å². The van der Waals surface area contributed by atoms with E-state index in [2.05, 4.69) is 45.7 Å². The molecular formula is C15H18BrNO2S. The van der Waals surface area contributed by atoms with Gasteiger partial charge >= 0.3 is 0 Å². The summed E-state index contributed by atoms with van der Waals surface area (Å²) in [6, 6.07) is 8.39. The first-order valence-electron chi connectivity index (χ1n) is 6.41. The van der Waals surface area contributed by atoms with Gasteiger partial charge in [0, 0.05) is 17.5 Å². The first-order valence-corrected chi connectivity index (χ1v) is 8.08. The normalized spacial score (nSPS) is 12.3. The number of methoxy groups -OCH3 is 1. The lowest BCUT2D eigenvalue weighted by Gasteiger charge is -2.14. The number of phenols is 1. The van der Waals surface area contributed by atoms with Crippen molar-refractivity contribution >= 4 is 27.3 Å². The van der Waals surface area contributed by atoms with Crippen LogP contribution in [-0.2, 0) is 13.0 Å². The second-order valence-corrected chi connectivity index (χ2v) is 6.58. The van der Waals surface area contributed by atoms with Gasteiger partial charge in [-0.1, -0.05) is 6.07 Å². The Morgan fingerprint density at radius 3 is 2.90 bits per heavy atom. The van der Waals surface area contributed by atoms with Crippen LogP contribution in [0.5, 0.6) is 11.5 Å². The van der Waals surface area contributed by atoms with Gasteiger partial charge in [-0.3, -0.25) is 0 Å². The minimum absolute atomic E-state index is 0.142. The summed E-state index contributed by atoms with van der Waals surface area (Å²) in [7, 11) is 1.55. The van der Waals surface area contributed by atoms with Crippen molar-refractivity contribution in [1.29, 1.82) is 0 Å². The summed E-state index contributed by atoms with van der Waals surface area (Å²) in [6.45, 7) is 2.91. The van der Waals surface area contributed by atoms with Crippen molar-refractivity contribution in [1.82, 2.24) is 5.32 Å². The molecule has 0 aliphatic carbocycles. The number of ether oxygens (including phenoxy) is 1. The molecule has 20 heavy (non-hydrogen) atoms. The Kier molecular flexibility index (Phi) is 5.46. The van der Waals surface area contributed by atoms with Crippen LogP contribution in [0.2, 0.25) is 0 Å². The van der Waals surface area contributed by atoms with Crippen molar-refractivity contribution in [3.05, 3.63) is 44.6 Å². The highest BCUT2D eigenvalue weighted by Gasteiger charge is 2.10. The average Bonchev–Trinajstić information content (AvgIpc) is 2.92. The van der Waals surface area contributed by atoms with Gasteiger partial charge in [-0.2, -0.15) is 0 Å². The number of nitrogens with one attached hydrogen (secondary N) is 1. The van der Waals surface area contributed by atoms with E-state index in [1.165, 1.54) is 4.88 Å². The predicted molar refractivity (Wildman–Crippen MR) is 86.7 cm³/mol. The van der Waals surface area contributed by atoms with Crippen LogP contribution in [0.3, 0.4) is 0 Å². The monoisotopic (exact) mass is 355 g/mol. The molecule has 0 saturated heterocycles. The van der Waals surface area contributed by atoms with E-state index < -0.39 is 0 Å². The molecule has 0 fully saturated rings. The number of aromatic hydroxyl groups is 1. The maximum atomic E-state index is 9.78. The Hall–Kier alpha value is -1.04. The zero-order valence-corrected chi connectivity index (χ0v) is 13.9. The van der Waals surface area contributed by atoms with Crippen molar-refractivity contribution < 1.29 is 9.84 Å². The van der Waals surface area contributed by atoms with E-state index in [0.717, 1.165) is 18.5 Å². The molecule has 1 atom stereocenters. The Morgan fingerprint density at radius 1 is 1.45 bits per heavy atom. The summed E-state index contributed by atoms with van der Waals surface area (Å²) >= 11 is 5.12. The van der Waals surface area contributed by atoms with E-state index in [1.54, 1.807) is 18.4 Å². The number of rotatable bonds is 6. The first-order chi connectivity index (χ1) is 9.60. The zero-order chi connectivity index (χ0) is 14.5. The van der Waals surface area contributed by atoms with E-state index in [0.29, 0.717) is 16.3 Å². The predicted octanol–water partition coefficient (Wildman–Crippen LogP) is 3.95. The number of halogens is 1. The van der Waals surface area contributed by atoms with Crippen LogP contribution in [0.25, 0.3) is 0 Å². The molecule has 5 heteroatoms. The van der Waals surface area contributed by atoms with Gasteiger partial charge in [0.05, 0.1) is 11.6 Å². The highest BCUT2D eigenvalue weighted by atomic mass is 79.9. The maximum Gasteiger partial charge on any atom is 0.172 e. The molecule has 1 aromatic carbocycles. The van der Waals surface area contributed by atoms with Gasteiger partial charge in [0.15, 0.2) is 11.5 Å². The van der Waals surface area contributed by atoms with Gasteiger partial charge in [0.1, 0.15) is 0 Å². The third kappa shape index (κ3) is 3.98. The average molecular weight is 356 g/mol. The standard InChI is InChI=1S/C15H18BrNO2S/c1-10(6-12-4-3-5-20-12)17-9-11-7-13(16)15(18)14(8-11)19-2/h3-5,7-8,10,17-18H,6,9H2,1-2H3. The Balaban J connectivity index is 1.95. The summed E-state index contributed by atoms with van der Waals surface area (Å²) in [5.41, 5.74) is 1.07.